The molecule has 0 radical (unpaired) electrons. The van der Waals surface area contributed by atoms with Crippen LogP contribution in [-0.4, -0.2) is 15.6 Å². The van der Waals surface area contributed by atoms with Crippen LogP contribution in [0.4, 0.5) is 24.5 Å². The second kappa shape index (κ2) is 8.07. The summed E-state index contributed by atoms with van der Waals surface area (Å²) in [5.74, 6) is 0. The molecule has 0 bridgehead atoms. The normalized spacial score (nSPS) is 11.7. The third-order valence-corrected chi connectivity index (χ3v) is 4.52. The fourth-order valence-electron chi connectivity index (χ4n) is 2.28. The summed E-state index contributed by atoms with van der Waals surface area (Å²) in [5, 5.41) is 25.8. The number of aromatic nitrogens is 1. The van der Waals surface area contributed by atoms with Gasteiger partial charge >= 0.3 is 6.18 Å². The highest BCUT2D eigenvalue weighted by molar-refractivity contribution is 7.12. The van der Waals surface area contributed by atoms with E-state index in [9.17, 15) is 28.5 Å². The Labute approximate surface area is 165 Å². The van der Waals surface area contributed by atoms with Crippen LogP contribution < -0.4 is 5.43 Å². The number of hydrazone groups is 1. The lowest BCUT2D eigenvalue weighted by atomic mass is 10.1. The Hall–Kier alpha value is -3.78. The monoisotopic (exact) mass is 417 g/mol. The number of halogens is 3. The lowest BCUT2D eigenvalue weighted by molar-refractivity contribution is -0.384. The number of alkyl halides is 3. The molecular formula is C18H10F3N5O2S. The van der Waals surface area contributed by atoms with Crippen LogP contribution >= 0.6 is 11.3 Å². The number of hydrogen-bond donors (Lipinski definition) is 1. The first-order valence-corrected chi connectivity index (χ1v) is 8.77. The van der Waals surface area contributed by atoms with Gasteiger partial charge in [-0.2, -0.15) is 23.5 Å². The van der Waals surface area contributed by atoms with Gasteiger partial charge in [0, 0.05) is 23.1 Å². The Balaban J connectivity index is 1.81. The summed E-state index contributed by atoms with van der Waals surface area (Å²) >= 11 is 1.11. The second-order valence-corrected chi connectivity index (χ2v) is 6.46. The number of nitrogens with zero attached hydrogens (tertiary/aromatic N) is 4. The maximum atomic E-state index is 12.8. The van der Waals surface area contributed by atoms with Crippen molar-refractivity contribution in [2.45, 2.75) is 6.18 Å². The standard InChI is InChI=1S/C18H10F3N5O2S/c19-18(20,21)12-2-1-3-13(8-12)24-25-15(9-22)17-23-16(10-29-17)11-4-6-14(7-5-11)26(27)28/h1-8,10,24H/b25-15-. The third kappa shape index (κ3) is 4.74. The largest absolute Gasteiger partial charge is 0.416 e. The van der Waals surface area contributed by atoms with Gasteiger partial charge in [-0.15, -0.1) is 11.3 Å². The van der Waals surface area contributed by atoms with Gasteiger partial charge in [-0.1, -0.05) is 6.07 Å². The Morgan fingerprint density at radius 3 is 2.59 bits per heavy atom. The molecule has 0 spiro atoms. The van der Waals surface area contributed by atoms with Crippen LogP contribution in [0.25, 0.3) is 11.3 Å². The van der Waals surface area contributed by atoms with Crippen LogP contribution in [0.2, 0.25) is 0 Å². The van der Waals surface area contributed by atoms with Gasteiger partial charge in [0.05, 0.1) is 21.9 Å². The summed E-state index contributed by atoms with van der Waals surface area (Å²) < 4.78 is 38.3. The number of nitrogens with one attached hydrogen (secondary N) is 1. The molecule has 3 rings (SSSR count). The third-order valence-electron chi connectivity index (χ3n) is 3.67. The number of nitro groups is 1. The molecule has 29 heavy (non-hydrogen) atoms. The minimum absolute atomic E-state index is 0.0613. The van der Waals surface area contributed by atoms with Crippen molar-refractivity contribution in [1.82, 2.24) is 4.98 Å². The van der Waals surface area contributed by atoms with Gasteiger partial charge in [0.15, 0.2) is 10.7 Å². The average molecular weight is 417 g/mol. The van der Waals surface area contributed by atoms with Crippen LogP contribution in [0, 0.1) is 21.4 Å². The van der Waals surface area contributed by atoms with Crippen molar-refractivity contribution in [2.24, 2.45) is 5.10 Å². The van der Waals surface area contributed by atoms with Crippen LogP contribution in [0.5, 0.6) is 0 Å². The molecule has 1 aromatic heterocycles. The Bertz CT molecular complexity index is 1120. The molecule has 11 heteroatoms. The van der Waals surface area contributed by atoms with E-state index in [1.54, 1.807) is 5.38 Å². The van der Waals surface area contributed by atoms with Crippen molar-refractivity contribution in [3.8, 4) is 17.3 Å². The summed E-state index contributed by atoms with van der Waals surface area (Å²) in [6, 6.07) is 12.0. The van der Waals surface area contributed by atoms with Crippen molar-refractivity contribution >= 4 is 28.4 Å². The number of nitriles is 1. The van der Waals surface area contributed by atoms with Gasteiger partial charge in [-0.3, -0.25) is 15.5 Å². The predicted octanol–water partition coefficient (Wildman–Crippen LogP) is 5.08. The molecule has 0 aliphatic heterocycles. The zero-order chi connectivity index (χ0) is 21.0. The molecule has 7 nitrogen and oxygen atoms in total. The van der Waals surface area contributed by atoms with Crippen molar-refractivity contribution in [3.63, 3.8) is 0 Å². The first-order chi connectivity index (χ1) is 13.8. The Morgan fingerprint density at radius 2 is 1.97 bits per heavy atom. The van der Waals surface area contributed by atoms with Gasteiger partial charge in [-0.25, -0.2) is 4.98 Å². The molecule has 146 valence electrons. The van der Waals surface area contributed by atoms with E-state index >= 15 is 0 Å². The number of anilines is 1. The van der Waals surface area contributed by atoms with Crippen molar-refractivity contribution in [2.75, 3.05) is 5.43 Å². The number of thiazole rings is 1. The fraction of sp³-hybridized carbons (Fsp3) is 0.0556. The molecule has 0 aliphatic carbocycles. The summed E-state index contributed by atoms with van der Waals surface area (Å²) in [4.78, 5) is 14.5. The second-order valence-electron chi connectivity index (χ2n) is 5.60. The summed E-state index contributed by atoms with van der Waals surface area (Å²) in [5.41, 5.74) is 2.59. The number of hydrogen-bond acceptors (Lipinski definition) is 7. The maximum absolute atomic E-state index is 12.8. The topological polar surface area (TPSA) is 104 Å². The van der Waals surface area contributed by atoms with E-state index in [0.717, 1.165) is 23.5 Å². The lowest BCUT2D eigenvalue weighted by Crippen LogP contribution is -2.06. The smallest absolute Gasteiger partial charge is 0.277 e. The number of nitro benzene ring substituents is 1. The van der Waals surface area contributed by atoms with Crippen LogP contribution in [-0.2, 0) is 6.18 Å². The quantitative estimate of drug-likeness (QED) is 0.354. The highest BCUT2D eigenvalue weighted by Crippen LogP contribution is 2.30. The molecule has 1 heterocycles. The highest BCUT2D eigenvalue weighted by Gasteiger charge is 2.30. The lowest BCUT2D eigenvalue weighted by Gasteiger charge is -2.08. The summed E-state index contributed by atoms with van der Waals surface area (Å²) in [6.45, 7) is 0. The van der Waals surface area contributed by atoms with Gasteiger partial charge in [-0.05, 0) is 30.3 Å². The predicted molar refractivity (Wildman–Crippen MR) is 101 cm³/mol. The van der Waals surface area contributed by atoms with E-state index in [4.69, 9.17) is 0 Å². The minimum atomic E-state index is -4.49. The van der Waals surface area contributed by atoms with Crippen molar-refractivity contribution in [1.29, 1.82) is 5.26 Å². The summed E-state index contributed by atoms with van der Waals surface area (Å²) in [6.07, 6.45) is -4.49. The van der Waals surface area contributed by atoms with E-state index in [2.05, 4.69) is 15.5 Å². The van der Waals surface area contributed by atoms with Crippen molar-refractivity contribution in [3.05, 3.63) is 74.6 Å². The Morgan fingerprint density at radius 1 is 1.24 bits per heavy atom. The van der Waals surface area contributed by atoms with E-state index < -0.39 is 16.7 Å². The molecule has 0 atom stereocenters. The zero-order valence-corrected chi connectivity index (χ0v) is 15.2. The van der Waals surface area contributed by atoms with Gasteiger partial charge in [0.1, 0.15) is 6.07 Å². The number of rotatable bonds is 5. The van der Waals surface area contributed by atoms with Gasteiger partial charge < -0.3 is 0 Å². The fourth-order valence-corrected chi connectivity index (χ4v) is 3.04. The van der Waals surface area contributed by atoms with Gasteiger partial charge in [0.25, 0.3) is 5.69 Å². The van der Waals surface area contributed by atoms with Crippen LogP contribution in [0.3, 0.4) is 0 Å². The SMILES string of the molecule is N#C/C(=N/Nc1cccc(C(F)(F)F)c1)c1nc(-c2ccc([N+](=O)[O-])cc2)cs1. The van der Waals surface area contributed by atoms with Gasteiger partial charge in [0.2, 0.25) is 0 Å². The van der Waals surface area contributed by atoms with E-state index in [0.29, 0.717) is 11.3 Å². The molecule has 0 saturated heterocycles. The molecule has 0 amide bonds. The molecule has 0 fully saturated rings. The molecule has 0 unspecified atom stereocenters. The number of non-ortho nitro benzene ring substituents is 1. The molecular weight excluding hydrogens is 407 g/mol. The van der Waals surface area contributed by atoms with E-state index in [1.165, 1.54) is 36.4 Å². The van der Waals surface area contributed by atoms with Crippen molar-refractivity contribution < 1.29 is 18.1 Å². The zero-order valence-electron chi connectivity index (χ0n) is 14.3. The maximum Gasteiger partial charge on any atom is 0.416 e. The minimum Gasteiger partial charge on any atom is -0.277 e. The van der Waals surface area contributed by atoms with Crippen LogP contribution in [0.15, 0.2) is 59.0 Å². The molecule has 3 aromatic rings. The summed E-state index contributed by atoms with van der Waals surface area (Å²) in [7, 11) is 0. The molecule has 0 aliphatic rings. The van der Waals surface area contributed by atoms with E-state index in [1.807, 2.05) is 6.07 Å². The Kier molecular flexibility index (Phi) is 5.56. The number of benzene rings is 2. The first-order valence-electron chi connectivity index (χ1n) is 7.89. The first kappa shape index (κ1) is 20.0. The van der Waals surface area contributed by atoms with E-state index in [-0.39, 0.29) is 22.1 Å². The molecule has 2 aromatic carbocycles. The molecule has 0 saturated carbocycles. The van der Waals surface area contributed by atoms with Crippen LogP contribution in [0.1, 0.15) is 10.6 Å². The highest BCUT2D eigenvalue weighted by atomic mass is 32.1. The average Bonchev–Trinajstić information content (AvgIpc) is 3.18. The molecule has 1 N–H and O–H groups in total.